The van der Waals surface area contributed by atoms with E-state index in [0.29, 0.717) is 24.4 Å². The van der Waals surface area contributed by atoms with Gasteiger partial charge < -0.3 is 9.47 Å². The van der Waals surface area contributed by atoms with Gasteiger partial charge in [-0.2, -0.15) is 4.99 Å². The number of nitrogens with zero attached hydrogens (tertiary/aromatic N) is 1. The molecule has 0 fully saturated rings. The Hall–Kier alpha value is -1.77. The lowest BCUT2D eigenvalue weighted by atomic mass is 9.99. The van der Waals surface area contributed by atoms with Gasteiger partial charge in [-0.15, -0.1) is 0 Å². The lowest BCUT2D eigenvalue weighted by molar-refractivity contribution is 0.217. The number of hydrogen-bond donors (Lipinski definition) is 0. The summed E-state index contributed by atoms with van der Waals surface area (Å²) in [5, 5.41) is 0. The van der Waals surface area contributed by atoms with Crippen LogP contribution < -0.4 is 0 Å². The minimum atomic E-state index is 0.336. The molecule has 1 aromatic rings. The highest BCUT2D eigenvalue weighted by atomic mass is 16.7. The van der Waals surface area contributed by atoms with E-state index < -0.39 is 0 Å². The number of aliphatic imine (C=N–C) groups is 1. The number of unbranched alkanes of at least 4 members (excludes halogenated alkanes) is 11. The predicted octanol–water partition coefficient (Wildman–Crippen LogP) is 8.52. The summed E-state index contributed by atoms with van der Waals surface area (Å²) in [4.78, 5) is 4.50. The molecule has 0 N–H and O–H groups in total. The summed E-state index contributed by atoms with van der Waals surface area (Å²) in [6.45, 7) is 11.3. The number of ether oxygens (including phenoxy) is 2. The molecule has 0 aliphatic carbocycles. The van der Waals surface area contributed by atoms with Crippen LogP contribution in [0.5, 0.6) is 0 Å². The smallest absolute Gasteiger partial charge is 0.394 e. The molecule has 0 radical (unpaired) electrons. The average molecular weight is 400 g/mol. The Morgan fingerprint density at radius 3 is 2.07 bits per heavy atom. The summed E-state index contributed by atoms with van der Waals surface area (Å²) in [5.74, 6) is 1.10. The van der Waals surface area contributed by atoms with E-state index in [2.05, 4.69) is 44.5 Å². The first-order valence-corrected chi connectivity index (χ1v) is 11.8. The van der Waals surface area contributed by atoms with Gasteiger partial charge in [-0.05, 0) is 30.0 Å². The van der Waals surface area contributed by atoms with E-state index in [1.165, 1.54) is 76.2 Å². The highest BCUT2D eigenvalue weighted by molar-refractivity contribution is 5.86. The molecule has 3 heteroatoms. The van der Waals surface area contributed by atoms with Crippen LogP contribution in [0.15, 0.2) is 29.8 Å². The van der Waals surface area contributed by atoms with E-state index in [0.717, 1.165) is 17.7 Å². The van der Waals surface area contributed by atoms with E-state index in [9.17, 15) is 0 Å². The third-order valence-corrected chi connectivity index (χ3v) is 5.63. The van der Waals surface area contributed by atoms with Crippen molar-refractivity contribution < 1.29 is 9.47 Å². The maximum Gasteiger partial charge on any atom is 0.394 e. The zero-order valence-electron chi connectivity index (χ0n) is 19.0. The highest BCUT2D eigenvalue weighted by Crippen LogP contribution is 2.33. The van der Waals surface area contributed by atoms with E-state index in [4.69, 9.17) is 9.47 Å². The van der Waals surface area contributed by atoms with Crippen molar-refractivity contribution >= 4 is 17.5 Å². The standard InChI is InChI=1S/C26H41NO2/c1-5-6-7-8-9-10-11-12-13-14-15-16-19-28-26-27-25-18-17-23(21(2)3)20-24(25)22(4)29-26/h17-18,20-21H,4-16,19H2,1-3H3. The van der Waals surface area contributed by atoms with E-state index in [1.54, 1.807) is 0 Å². The molecular weight excluding hydrogens is 358 g/mol. The van der Waals surface area contributed by atoms with Crippen molar-refractivity contribution in [2.24, 2.45) is 4.99 Å². The number of rotatable bonds is 14. The zero-order valence-corrected chi connectivity index (χ0v) is 19.0. The average Bonchev–Trinajstić information content (AvgIpc) is 2.71. The lowest BCUT2D eigenvalue weighted by Gasteiger charge is -2.19. The van der Waals surface area contributed by atoms with Gasteiger partial charge in [0.25, 0.3) is 0 Å². The quantitative estimate of drug-likeness (QED) is 0.293. The molecule has 1 aliphatic heterocycles. The molecule has 1 aliphatic rings. The van der Waals surface area contributed by atoms with Crippen molar-refractivity contribution in [3.63, 3.8) is 0 Å². The summed E-state index contributed by atoms with van der Waals surface area (Å²) < 4.78 is 11.4. The molecule has 1 aromatic carbocycles. The number of benzene rings is 1. The van der Waals surface area contributed by atoms with Crippen LogP contribution in [0.25, 0.3) is 5.76 Å². The van der Waals surface area contributed by atoms with Gasteiger partial charge in [0.1, 0.15) is 5.76 Å². The van der Waals surface area contributed by atoms with Crippen molar-refractivity contribution in [1.29, 1.82) is 0 Å². The molecule has 0 saturated carbocycles. The molecule has 0 unspecified atom stereocenters. The zero-order chi connectivity index (χ0) is 20.9. The van der Waals surface area contributed by atoms with E-state index in [1.807, 2.05) is 6.07 Å². The third-order valence-electron chi connectivity index (χ3n) is 5.63. The maximum atomic E-state index is 5.75. The van der Waals surface area contributed by atoms with Crippen molar-refractivity contribution in [3.05, 3.63) is 35.9 Å². The number of hydrogen-bond acceptors (Lipinski definition) is 3. The largest absolute Gasteiger partial charge is 0.450 e. The molecule has 0 spiro atoms. The van der Waals surface area contributed by atoms with Crippen LogP contribution in [0.2, 0.25) is 0 Å². The molecule has 0 amide bonds. The van der Waals surface area contributed by atoms with Crippen molar-refractivity contribution in [3.8, 4) is 0 Å². The van der Waals surface area contributed by atoms with E-state index in [-0.39, 0.29) is 0 Å². The minimum absolute atomic E-state index is 0.336. The highest BCUT2D eigenvalue weighted by Gasteiger charge is 2.19. The van der Waals surface area contributed by atoms with Gasteiger partial charge in [0.2, 0.25) is 0 Å². The monoisotopic (exact) mass is 399 g/mol. The molecule has 0 saturated heterocycles. The molecule has 0 aromatic heterocycles. The van der Waals surface area contributed by atoms with Crippen LogP contribution in [0.3, 0.4) is 0 Å². The Morgan fingerprint density at radius 1 is 0.897 bits per heavy atom. The molecular formula is C26H41NO2. The Kier molecular flexibility index (Phi) is 10.9. The van der Waals surface area contributed by atoms with Gasteiger partial charge in [0.05, 0.1) is 12.3 Å². The molecule has 1 heterocycles. The van der Waals surface area contributed by atoms with Crippen molar-refractivity contribution in [2.45, 2.75) is 104 Å². The first-order valence-electron chi connectivity index (χ1n) is 11.8. The summed E-state index contributed by atoms with van der Waals surface area (Å²) >= 11 is 0. The first kappa shape index (κ1) is 23.5. The van der Waals surface area contributed by atoms with Crippen LogP contribution in [0, 0.1) is 0 Å². The van der Waals surface area contributed by atoms with Crippen molar-refractivity contribution in [1.82, 2.24) is 0 Å². The third kappa shape index (κ3) is 8.64. The van der Waals surface area contributed by atoms with Gasteiger partial charge in [-0.25, -0.2) is 0 Å². The molecule has 0 atom stereocenters. The van der Waals surface area contributed by atoms with Crippen LogP contribution in [-0.2, 0) is 9.47 Å². The number of fused-ring (bicyclic) bond motifs is 1. The van der Waals surface area contributed by atoms with Crippen molar-refractivity contribution in [2.75, 3.05) is 6.61 Å². The fraction of sp³-hybridized carbons (Fsp3) is 0.654. The van der Waals surface area contributed by atoms with E-state index >= 15 is 0 Å². The molecule has 29 heavy (non-hydrogen) atoms. The molecule has 0 bridgehead atoms. The fourth-order valence-corrected chi connectivity index (χ4v) is 3.68. The van der Waals surface area contributed by atoms with Crippen LogP contribution in [0.4, 0.5) is 5.69 Å². The van der Waals surface area contributed by atoms with Crippen LogP contribution >= 0.6 is 0 Å². The SMILES string of the molecule is C=C1OC(OCCCCCCCCCCCCCC)=Nc2ccc(C(C)C)cc21. The predicted molar refractivity (Wildman–Crippen MR) is 125 cm³/mol. The Labute approximate surface area is 178 Å². The summed E-state index contributed by atoms with van der Waals surface area (Å²) in [5.41, 5.74) is 3.12. The molecule has 3 nitrogen and oxygen atoms in total. The second-order valence-corrected chi connectivity index (χ2v) is 8.57. The van der Waals surface area contributed by atoms with Gasteiger partial charge in [0.15, 0.2) is 0 Å². The molecule has 2 rings (SSSR count). The normalized spacial score (nSPS) is 13.2. The Morgan fingerprint density at radius 2 is 1.48 bits per heavy atom. The summed E-state index contributed by atoms with van der Waals surface area (Å²) in [7, 11) is 0. The lowest BCUT2D eigenvalue weighted by Crippen LogP contribution is -2.13. The summed E-state index contributed by atoms with van der Waals surface area (Å²) in [6.07, 6.45) is 16.4. The topological polar surface area (TPSA) is 30.8 Å². The van der Waals surface area contributed by atoms with Gasteiger partial charge >= 0.3 is 6.08 Å². The first-order chi connectivity index (χ1) is 14.1. The summed E-state index contributed by atoms with van der Waals surface area (Å²) in [6, 6.07) is 6.27. The second-order valence-electron chi connectivity index (χ2n) is 8.57. The van der Waals surface area contributed by atoms with Gasteiger partial charge in [0, 0.05) is 5.56 Å². The van der Waals surface area contributed by atoms with Gasteiger partial charge in [-0.3, -0.25) is 0 Å². The van der Waals surface area contributed by atoms with Crippen LogP contribution in [-0.4, -0.2) is 12.7 Å². The Bertz CT molecular complexity index is 648. The van der Waals surface area contributed by atoms with Crippen LogP contribution in [0.1, 0.15) is 115 Å². The molecule has 162 valence electrons. The second kappa shape index (κ2) is 13.5. The maximum absolute atomic E-state index is 5.75. The minimum Gasteiger partial charge on any atom is -0.450 e. The Balaban J connectivity index is 1.55. The van der Waals surface area contributed by atoms with Gasteiger partial charge in [-0.1, -0.05) is 104 Å². The fourth-order valence-electron chi connectivity index (χ4n) is 3.68.